The van der Waals surface area contributed by atoms with E-state index in [1.54, 1.807) is 24.3 Å². The summed E-state index contributed by atoms with van der Waals surface area (Å²) in [6.07, 6.45) is 0.117. The van der Waals surface area contributed by atoms with Crippen molar-refractivity contribution < 1.29 is 9.90 Å². The van der Waals surface area contributed by atoms with Crippen LogP contribution in [0.25, 0.3) is 0 Å². The van der Waals surface area contributed by atoms with Crippen molar-refractivity contribution in [2.24, 2.45) is 0 Å². The van der Waals surface area contributed by atoms with Gasteiger partial charge in [0.25, 0.3) is 0 Å². The van der Waals surface area contributed by atoms with Gasteiger partial charge in [0.05, 0.1) is 18.1 Å². The van der Waals surface area contributed by atoms with Crippen molar-refractivity contribution in [3.05, 3.63) is 35.4 Å². The Morgan fingerprint density at radius 1 is 1.50 bits per heavy atom. The van der Waals surface area contributed by atoms with Crippen molar-refractivity contribution in [2.75, 3.05) is 0 Å². The highest BCUT2D eigenvalue weighted by atomic mass is 16.4. The Morgan fingerprint density at radius 3 is 2.50 bits per heavy atom. The van der Waals surface area contributed by atoms with Crippen LogP contribution in [0.15, 0.2) is 24.3 Å². The van der Waals surface area contributed by atoms with Crippen molar-refractivity contribution in [3.8, 4) is 6.07 Å². The smallest absolute Gasteiger partial charge is 0.303 e. The van der Waals surface area contributed by atoms with Gasteiger partial charge >= 0.3 is 5.97 Å². The fourth-order valence-electron chi connectivity index (χ4n) is 1.27. The van der Waals surface area contributed by atoms with Crippen molar-refractivity contribution >= 4 is 5.97 Å². The second-order valence-corrected chi connectivity index (χ2v) is 3.23. The lowest BCUT2D eigenvalue weighted by Gasteiger charge is -2.08. The number of carbonyl (C=O) groups is 1. The van der Waals surface area contributed by atoms with E-state index in [9.17, 15) is 4.79 Å². The molecule has 72 valence electrons. The predicted molar refractivity (Wildman–Crippen MR) is 51.8 cm³/mol. The summed E-state index contributed by atoms with van der Waals surface area (Å²) >= 11 is 0. The standard InChI is InChI=1S/C11H11NO2/c1-8(6-11(13)14)10-4-2-9(7-12)3-5-10/h2-5,8H,6H2,1H3,(H,13,14)/t8-/m0/s1. The molecular weight excluding hydrogens is 178 g/mol. The van der Waals surface area contributed by atoms with E-state index in [2.05, 4.69) is 0 Å². The van der Waals surface area contributed by atoms with Crippen molar-refractivity contribution in [1.82, 2.24) is 0 Å². The third-order valence-corrected chi connectivity index (χ3v) is 2.09. The topological polar surface area (TPSA) is 61.1 Å². The molecule has 1 atom stereocenters. The molecule has 0 aliphatic rings. The Kier molecular flexibility index (Phi) is 3.24. The maximum Gasteiger partial charge on any atom is 0.303 e. The fraction of sp³-hybridized carbons (Fsp3) is 0.273. The number of benzene rings is 1. The summed E-state index contributed by atoms with van der Waals surface area (Å²) in [5.74, 6) is -0.817. The molecule has 3 heteroatoms. The average Bonchev–Trinajstić information content (AvgIpc) is 2.17. The van der Waals surface area contributed by atoms with Crippen molar-refractivity contribution in [3.63, 3.8) is 0 Å². The highest BCUT2D eigenvalue weighted by molar-refractivity contribution is 5.67. The normalized spacial score (nSPS) is 11.7. The number of nitrogens with zero attached hydrogens (tertiary/aromatic N) is 1. The molecule has 0 fully saturated rings. The lowest BCUT2D eigenvalue weighted by Crippen LogP contribution is -2.02. The summed E-state index contributed by atoms with van der Waals surface area (Å²) in [6.45, 7) is 1.86. The molecule has 0 aromatic heterocycles. The van der Waals surface area contributed by atoms with Crippen LogP contribution in [0.3, 0.4) is 0 Å². The van der Waals surface area contributed by atoms with Crippen LogP contribution in [-0.4, -0.2) is 11.1 Å². The first-order valence-corrected chi connectivity index (χ1v) is 4.35. The molecule has 0 bridgehead atoms. The summed E-state index contributed by atoms with van der Waals surface area (Å²) in [7, 11) is 0. The van der Waals surface area contributed by atoms with Gasteiger partial charge in [0.15, 0.2) is 0 Å². The number of aliphatic carboxylic acids is 1. The SMILES string of the molecule is C[C@@H](CC(=O)O)c1ccc(C#N)cc1. The van der Waals surface area contributed by atoms with E-state index >= 15 is 0 Å². The summed E-state index contributed by atoms with van der Waals surface area (Å²) in [4.78, 5) is 10.5. The van der Waals surface area contributed by atoms with Crippen LogP contribution in [0.1, 0.15) is 30.4 Å². The average molecular weight is 189 g/mol. The molecule has 1 N–H and O–H groups in total. The van der Waals surface area contributed by atoms with Crippen LogP contribution in [0.5, 0.6) is 0 Å². The Bertz CT molecular complexity index is 362. The molecule has 14 heavy (non-hydrogen) atoms. The minimum Gasteiger partial charge on any atom is -0.481 e. The van der Waals surface area contributed by atoms with Crippen LogP contribution in [0, 0.1) is 11.3 Å². The van der Waals surface area contributed by atoms with Gasteiger partial charge in [0.1, 0.15) is 0 Å². The number of rotatable bonds is 3. The minimum atomic E-state index is -0.804. The second-order valence-electron chi connectivity index (χ2n) is 3.23. The molecule has 0 saturated heterocycles. The largest absolute Gasteiger partial charge is 0.481 e. The number of carboxylic acids is 1. The quantitative estimate of drug-likeness (QED) is 0.792. The van der Waals surface area contributed by atoms with Crippen LogP contribution in [-0.2, 0) is 4.79 Å². The zero-order valence-electron chi connectivity index (χ0n) is 7.90. The lowest BCUT2D eigenvalue weighted by atomic mass is 9.97. The second kappa shape index (κ2) is 4.43. The maximum absolute atomic E-state index is 10.5. The molecule has 1 aromatic carbocycles. The lowest BCUT2D eigenvalue weighted by molar-refractivity contribution is -0.137. The van der Waals surface area contributed by atoms with Gasteiger partial charge in [-0.25, -0.2) is 0 Å². The van der Waals surface area contributed by atoms with E-state index in [0.29, 0.717) is 5.56 Å². The number of nitriles is 1. The van der Waals surface area contributed by atoms with Crippen LogP contribution >= 0.6 is 0 Å². The first kappa shape index (κ1) is 10.3. The zero-order valence-corrected chi connectivity index (χ0v) is 7.90. The third-order valence-electron chi connectivity index (χ3n) is 2.09. The molecule has 0 amide bonds. The molecule has 0 unspecified atom stereocenters. The van der Waals surface area contributed by atoms with Gasteiger partial charge in [-0.2, -0.15) is 5.26 Å². The van der Waals surface area contributed by atoms with E-state index in [1.165, 1.54) is 0 Å². The number of carboxylic acid groups (broad SMARTS) is 1. The predicted octanol–water partition coefficient (Wildman–Crippen LogP) is 2.14. The summed E-state index contributed by atoms with van der Waals surface area (Å²) in [5.41, 5.74) is 1.54. The Hall–Kier alpha value is -1.82. The van der Waals surface area contributed by atoms with Gasteiger partial charge in [0, 0.05) is 0 Å². The molecule has 0 aliphatic carbocycles. The number of hydrogen-bond donors (Lipinski definition) is 1. The molecule has 1 rings (SSSR count). The third kappa shape index (κ3) is 2.60. The van der Waals surface area contributed by atoms with Gasteiger partial charge in [-0.05, 0) is 23.6 Å². The van der Waals surface area contributed by atoms with E-state index in [-0.39, 0.29) is 12.3 Å². The van der Waals surface area contributed by atoms with Crippen LogP contribution in [0.2, 0.25) is 0 Å². The first-order chi connectivity index (χ1) is 6.63. The van der Waals surface area contributed by atoms with Crippen LogP contribution in [0.4, 0.5) is 0 Å². The van der Waals surface area contributed by atoms with E-state index in [4.69, 9.17) is 10.4 Å². The van der Waals surface area contributed by atoms with Crippen LogP contribution < -0.4 is 0 Å². The van der Waals surface area contributed by atoms with Gasteiger partial charge in [-0.3, -0.25) is 4.79 Å². The summed E-state index contributed by atoms with van der Waals surface area (Å²) in [6, 6.07) is 9.02. The Balaban J connectivity index is 2.77. The summed E-state index contributed by atoms with van der Waals surface area (Å²) in [5, 5.41) is 17.2. The molecule has 0 aliphatic heterocycles. The molecule has 0 radical (unpaired) electrons. The monoisotopic (exact) mass is 189 g/mol. The number of hydrogen-bond acceptors (Lipinski definition) is 2. The van der Waals surface area contributed by atoms with Crippen molar-refractivity contribution in [2.45, 2.75) is 19.3 Å². The fourth-order valence-corrected chi connectivity index (χ4v) is 1.27. The first-order valence-electron chi connectivity index (χ1n) is 4.35. The molecule has 0 spiro atoms. The molecule has 3 nitrogen and oxygen atoms in total. The van der Waals surface area contributed by atoms with Gasteiger partial charge in [0.2, 0.25) is 0 Å². The maximum atomic E-state index is 10.5. The Morgan fingerprint density at radius 2 is 2.07 bits per heavy atom. The van der Waals surface area contributed by atoms with Crippen molar-refractivity contribution in [1.29, 1.82) is 5.26 Å². The van der Waals surface area contributed by atoms with Gasteiger partial charge in [-0.1, -0.05) is 19.1 Å². The Labute approximate surface area is 82.6 Å². The highest BCUT2D eigenvalue weighted by Crippen LogP contribution is 2.18. The summed E-state index contributed by atoms with van der Waals surface area (Å²) < 4.78 is 0. The van der Waals surface area contributed by atoms with E-state index in [1.807, 2.05) is 13.0 Å². The zero-order chi connectivity index (χ0) is 10.6. The molecule has 1 aromatic rings. The molecule has 0 heterocycles. The van der Waals surface area contributed by atoms with Gasteiger partial charge < -0.3 is 5.11 Å². The molecule has 0 saturated carbocycles. The van der Waals surface area contributed by atoms with E-state index in [0.717, 1.165) is 5.56 Å². The van der Waals surface area contributed by atoms with Gasteiger partial charge in [-0.15, -0.1) is 0 Å². The highest BCUT2D eigenvalue weighted by Gasteiger charge is 2.09. The van der Waals surface area contributed by atoms with E-state index < -0.39 is 5.97 Å². The molecular formula is C11H11NO2. The minimum absolute atomic E-state index is 0.0137.